The Morgan fingerprint density at radius 2 is 2.00 bits per heavy atom. The molecular weight excluding hydrogens is 274 g/mol. The van der Waals surface area contributed by atoms with Crippen molar-refractivity contribution in [2.45, 2.75) is 29.2 Å². The molecule has 1 aliphatic carbocycles. The Morgan fingerprint density at radius 3 is 2.80 bits per heavy atom. The predicted molar refractivity (Wildman–Crippen MR) is 77.9 cm³/mol. The van der Waals surface area contributed by atoms with Crippen LogP contribution in [0.25, 0.3) is 0 Å². The molecule has 102 valence electrons. The van der Waals surface area contributed by atoms with Crippen molar-refractivity contribution in [1.29, 1.82) is 0 Å². The fraction of sp³-hybridized carbons (Fsp3) is 0.214. The first kappa shape index (κ1) is 12.9. The Bertz CT molecular complexity index is 688. The lowest BCUT2D eigenvalue weighted by molar-refractivity contribution is -0.385. The minimum atomic E-state index is -0.454. The first-order valence-corrected chi connectivity index (χ1v) is 7.15. The van der Waals surface area contributed by atoms with Gasteiger partial charge >= 0.3 is 0 Å². The van der Waals surface area contributed by atoms with E-state index in [0.29, 0.717) is 5.03 Å². The van der Waals surface area contributed by atoms with Crippen molar-refractivity contribution >= 4 is 23.3 Å². The number of hydrogen-bond acceptors (Lipinski definition) is 5. The zero-order valence-corrected chi connectivity index (χ0v) is 11.5. The first-order valence-electron chi connectivity index (χ1n) is 6.33. The molecule has 1 aromatic heterocycles. The molecule has 6 heteroatoms. The number of nitrogens with two attached hydrogens (primary N) is 1. The molecule has 1 aliphatic rings. The smallest absolute Gasteiger partial charge is 0.275 e. The van der Waals surface area contributed by atoms with Crippen LogP contribution in [0, 0.1) is 10.1 Å². The lowest BCUT2D eigenvalue weighted by Crippen LogP contribution is -1.95. The van der Waals surface area contributed by atoms with Crippen molar-refractivity contribution in [3.8, 4) is 0 Å². The highest BCUT2D eigenvalue weighted by atomic mass is 32.2. The van der Waals surface area contributed by atoms with Crippen LogP contribution >= 0.6 is 11.8 Å². The number of rotatable bonds is 3. The summed E-state index contributed by atoms with van der Waals surface area (Å²) < 4.78 is 0. The second-order valence-electron chi connectivity index (χ2n) is 4.73. The molecule has 2 aromatic rings. The van der Waals surface area contributed by atoms with E-state index in [2.05, 4.69) is 17.1 Å². The van der Waals surface area contributed by atoms with Gasteiger partial charge in [-0.05, 0) is 42.5 Å². The van der Waals surface area contributed by atoms with Gasteiger partial charge in [-0.25, -0.2) is 4.98 Å². The highest BCUT2D eigenvalue weighted by Crippen LogP contribution is 2.33. The third kappa shape index (κ3) is 2.60. The molecule has 0 aliphatic heterocycles. The monoisotopic (exact) mass is 287 g/mol. The van der Waals surface area contributed by atoms with Gasteiger partial charge in [-0.3, -0.25) is 10.1 Å². The molecule has 0 saturated carbocycles. The van der Waals surface area contributed by atoms with Gasteiger partial charge in [0.2, 0.25) is 0 Å². The molecular formula is C14H13N3O2S. The maximum atomic E-state index is 10.8. The van der Waals surface area contributed by atoms with Gasteiger partial charge in [0.05, 0.1) is 11.0 Å². The van der Waals surface area contributed by atoms with Crippen LogP contribution in [0.15, 0.2) is 40.3 Å². The van der Waals surface area contributed by atoms with Crippen LogP contribution in [0.2, 0.25) is 0 Å². The molecule has 20 heavy (non-hydrogen) atoms. The number of nitrogen functional groups attached to an aromatic ring is 1. The third-order valence-corrected chi connectivity index (χ3v) is 4.22. The standard InChI is InChI=1S/C14H13N3O2S/c15-13-7-11(17(18)19)8-14(16-13)20-12-5-4-9-2-1-3-10(9)6-12/h4-8H,1-3H2,(H2,15,16). The van der Waals surface area contributed by atoms with Gasteiger partial charge in [-0.1, -0.05) is 17.8 Å². The molecule has 1 heterocycles. The lowest BCUT2D eigenvalue weighted by atomic mass is 10.1. The number of aromatic nitrogens is 1. The number of pyridine rings is 1. The summed E-state index contributed by atoms with van der Waals surface area (Å²) in [6, 6.07) is 9.03. The molecule has 0 saturated heterocycles. The van der Waals surface area contributed by atoms with Gasteiger partial charge in [0.15, 0.2) is 0 Å². The molecule has 2 N–H and O–H groups in total. The number of nitro groups is 1. The fourth-order valence-corrected chi connectivity index (χ4v) is 3.31. The lowest BCUT2D eigenvalue weighted by Gasteiger charge is -2.05. The summed E-state index contributed by atoms with van der Waals surface area (Å²) in [7, 11) is 0. The number of fused-ring (bicyclic) bond motifs is 1. The summed E-state index contributed by atoms with van der Waals surface area (Å²) in [4.78, 5) is 15.6. The van der Waals surface area contributed by atoms with Crippen LogP contribution in [0.1, 0.15) is 17.5 Å². The Morgan fingerprint density at radius 1 is 1.20 bits per heavy atom. The van der Waals surface area contributed by atoms with Gasteiger partial charge in [-0.2, -0.15) is 0 Å². The maximum Gasteiger partial charge on any atom is 0.275 e. The van der Waals surface area contributed by atoms with Crippen molar-refractivity contribution in [3.63, 3.8) is 0 Å². The molecule has 0 amide bonds. The minimum absolute atomic E-state index is 0.0267. The summed E-state index contributed by atoms with van der Waals surface area (Å²) in [5, 5.41) is 11.4. The zero-order chi connectivity index (χ0) is 14.1. The predicted octanol–water partition coefficient (Wildman–Crippen LogP) is 3.21. The van der Waals surface area contributed by atoms with Gasteiger partial charge in [0.1, 0.15) is 10.8 Å². The van der Waals surface area contributed by atoms with Crippen LogP contribution in [-0.4, -0.2) is 9.91 Å². The Hall–Kier alpha value is -2.08. The average molecular weight is 287 g/mol. The van der Waals surface area contributed by atoms with Gasteiger partial charge in [0, 0.05) is 11.0 Å². The van der Waals surface area contributed by atoms with Gasteiger partial charge < -0.3 is 5.73 Å². The van der Waals surface area contributed by atoms with E-state index in [1.165, 1.54) is 41.4 Å². The second-order valence-corrected chi connectivity index (χ2v) is 5.83. The van der Waals surface area contributed by atoms with E-state index in [1.54, 1.807) is 0 Å². The van der Waals surface area contributed by atoms with Crippen LogP contribution in [-0.2, 0) is 12.8 Å². The highest BCUT2D eigenvalue weighted by molar-refractivity contribution is 7.99. The van der Waals surface area contributed by atoms with Crippen molar-refractivity contribution < 1.29 is 4.92 Å². The molecule has 3 rings (SSSR count). The Labute approximate surface area is 120 Å². The summed E-state index contributed by atoms with van der Waals surface area (Å²) in [6.45, 7) is 0. The van der Waals surface area contributed by atoms with E-state index < -0.39 is 4.92 Å². The summed E-state index contributed by atoms with van der Waals surface area (Å²) in [5.74, 6) is 0.169. The average Bonchev–Trinajstić information content (AvgIpc) is 2.85. The molecule has 0 spiro atoms. The molecule has 1 aromatic carbocycles. The number of benzene rings is 1. The van der Waals surface area contributed by atoms with E-state index >= 15 is 0 Å². The SMILES string of the molecule is Nc1cc([N+](=O)[O-])cc(Sc2ccc3c(c2)CCC3)n1. The number of nitrogens with zero attached hydrogens (tertiary/aromatic N) is 2. The fourth-order valence-electron chi connectivity index (χ4n) is 2.40. The van der Waals surface area contributed by atoms with E-state index in [1.807, 2.05) is 6.07 Å². The van der Waals surface area contributed by atoms with Crippen LogP contribution in [0.4, 0.5) is 11.5 Å². The summed E-state index contributed by atoms with van der Waals surface area (Å²) >= 11 is 1.40. The topological polar surface area (TPSA) is 82.0 Å². The first-order chi connectivity index (χ1) is 9.61. The van der Waals surface area contributed by atoms with Crippen LogP contribution in [0.5, 0.6) is 0 Å². The number of anilines is 1. The van der Waals surface area contributed by atoms with Crippen molar-refractivity contribution in [2.75, 3.05) is 5.73 Å². The van der Waals surface area contributed by atoms with Gasteiger partial charge in [0.25, 0.3) is 5.69 Å². The maximum absolute atomic E-state index is 10.8. The minimum Gasteiger partial charge on any atom is -0.383 e. The van der Waals surface area contributed by atoms with Crippen LogP contribution < -0.4 is 5.73 Å². The number of aryl methyl sites for hydroxylation is 2. The normalized spacial score (nSPS) is 13.2. The third-order valence-electron chi connectivity index (χ3n) is 3.31. The Balaban J connectivity index is 1.89. The van der Waals surface area contributed by atoms with Crippen molar-refractivity contribution in [2.24, 2.45) is 0 Å². The quantitative estimate of drug-likeness (QED) is 0.692. The van der Waals surface area contributed by atoms with E-state index in [0.717, 1.165) is 17.7 Å². The largest absolute Gasteiger partial charge is 0.383 e. The van der Waals surface area contributed by atoms with Crippen LogP contribution in [0.3, 0.4) is 0 Å². The van der Waals surface area contributed by atoms with Crippen molar-refractivity contribution in [3.05, 3.63) is 51.6 Å². The summed E-state index contributed by atoms with van der Waals surface area (Å²) in [5.41, 5.74) is 8.36. The number of hydrogen-bond donors (Lipinski definition) is 1. The molecule has 0 unspecified atom stereocenters. The molecule has 0 fully saturated rings. The van der Waals surface area contributed by atoms with E-state index in [-0.39, 0.29) is 11.5 Å². The highest BCUT2D eigenvalue weighted by Gasteiger charge is 2.14. The molecule has 0 radical (unpaired) electrons. The van der Waals surface area contributed by atoms with Crippen molar-refractivity contribution in [1.82, 2.24) is 4.98 Å². The second kappa shape index (κ2) is 5.13. The summed E-state index contributed by atoms with van der Waals surface area (Å²) in [6.07, 6.45) is 3.45. The molecule has 0 bridgehead atoms. The van der Waals surface area contributed by atoms with Gasteiger partial charge in [-0.15, -0.1) is 0 Å². The molecule has 0 atom stereocenters. The van der Waals surface area contributed by atoms with E-state index in [4.69, 9.17) is 5.73 Å². The zero-order valence-electron chi connectivity index (χ0n) is 10.7. The Kier molecular flexibility index (Phi) is 3.31. The molecule has 5 nitrogen and oxygen atoms in total. The van der Waals surface area contributed by atoms with E-state index in [9.17, 15) is 10.1 Å².